The molecular formula is C16H25N3O2. The second kappa shape index (κ2) is 4.07. The van der Waals surface area contributed by atoms with E-state index in [0.717, 1.165) is 11.7 Å². The van der Waals surface area contributed by atoms with Gasteiger partial charge in [0.15, 0.2) is 5.82 Å². The van der Waals surface area contributed by atoms with Gasteiger partial charge in [-0.05, 0) is 55.3 Å². The molecule has 0 aromatic carbocycles. The average Bonchev–Trinajstić information content (AvgIpc) is 2.83. The highest BCUT2D eigenvalue weighted by Crippen LogP contribution is 2.69. The zero-order chi connectivity index (χ0) is 14.9. The third-order valence-corrected chi connectivity index (χ3v) is 6.06. The van der Waals surface area contributed by atoms with Crippen molar-refractivity contribution < 1.29 is 9.63 Å². The third kappa shape index (κ3) is 1.97. The van der Waals surface area contributed by atoms with Gasteiger partial charge in [0.2, 0.25) is 5.89 Å². The summed E-state index contributed by atoms with van der Waals surface area (Å²) < 4.78 is 5.33. The molecule has 0 amide bonds. The maximum absolute atomic E-state index is 9.16. The van der Waals surface area contributed by atoms with Gasteiger partial charge in [-0.3, -0.25) is 0 Å². The fourth-order valence-electron chi connectivity index (χ4n) is 6.38. The first-order chi connectivity index (χ1) is 9.85. The Morgan fingerprint density at radius 3 is 2.48 bits per heavy atom. The van der Waals surface area contributed by atoms with Gasteiger partial charge in [0, 0.05) is 5.41 Å². The summed E-state index contributed by atoms with van der Waals surface area (Å²) in [6.07, 6.45) is 7.56. The molecule has 116 valence electrons. The Hall–Kier alpha value is -0.940. The minimum Gasteiger partial charge on any atom is -0.394 e. The molecule has 3 atom stereocenters. The highest BCUT2D eigenvalue weighted by molar-refractivity contribution is 5.21. The van der Waals surface area contributed by atoms with Gasteiger partial charge in [-0.1, -0.05) is 19.0 Å². The average molecular weight is 291 g/mol. The van der Waals surface area contributed by atoms with Gasteiger partial charge in [0.05, 0.1) is 6.61 Å². The van der Waals surface area contributed by atoms with Crippen LogP contribution in [0.5, 0.6) is 0 Å². The number of rotatable bonds is 3. The summed E-state index contributed by atoms with van der Waals surface area (Å²) in [5, 5.41) is 13.4. The first kappa shape index (κ1) is 13.7. The molecule has 1 aromatic rings. The molecule has 5 rings (SSSR count). The highest BCUT2D eigenvalue weighted by Gasteiger charge is 2.62. The molecule has 3 N–H and O–H groups in total. The van der Waals surface area contributed by atoms with Crippen molar-refractivity contribution in [1.29, 1.82) is 0 Å². The van der Waals surface area contributed by atoms with Crippen molar-refractivity contribution in [2.75, 3.05) is 6.61 Å². The van der Waals surface area contributed by atoms with E-state index in [-0.39, 0.29) is 12.0 Å². The van der Waals surface area contributed by atoms with Crippen molar-refractivity contribution in [3.05, 3.63) is 11.7 Å². The van der Waals surface area contributed by atoms with Gasteiger partial charge in [-0.2, -0.15) is 4.98 Å². The van der Waals surface area contributed by atoms with Crippen LogP contribution in [0.2, 0.25) is 0 Å². The second-order valence-electron chi connectivity index (χ2n) is 8.66. The van der Waals surface area contributed by atoms with Gasteiger partial charge in [0.25, 0.3) is 0 Å². The number of aromatic nitrogens is 2. The Morgan fingerprint density at radius 2 is 1.90 bits per heavy atom. The monoisotopic (exact) mass is 291 g/mol. The van der Waals surface area contributed by atoms with E-state index >= 15 is 0 Å². The summed E-state index contributed by atoms with van der Waals surface area (Å²) in [6, 6.07) is -0.564. The largest absolute Gasteiger partial charge is 0.394 e. The maximum Gasteiger partial charge on any atom is 0.245 e. The Balaban J connectivity index is 1.72. The zero-order valence-electron chi connectivity index (χ0n) is 12.9. The van der Waals surface area contributed by atoms with Crippen molar-refractivity contribution in [3.63, 3.8) is 0 Å². The van der Waals surface area contributed by atoms with Crippen molar-refractivity contribution in [2.24, 2.45) is 22.5 Å². The SMILES string of the molecule is CC12CC3CC(C)(C1)CC(c1noc([C@@H](N)CO)n1)(C3)C2. The number of aliphatic hydroxyl groups excluding tert-OH is 1. The molecule has 0 spiro atoms. The molecular weight excluding hydrogens is 266 g/mol. The van der Waals surface area contributed by atoms with E-state index < -0.39 is 6.04 Å². The molecule has 5 nitrogen and oxygen atoms in total. The number of aliphatic hydroxyl groups is 1. The molecule has 4 bridgehead atoms. The molecule has 2 unspecified atom stereocenters. The summed E-state index contributed by atoms with van der Waals surface area (Å²) in [6.45, 7) is 4.71. The lowest BCUT2D eigenvalue weighted by Gasteiger charge is -2.64. The normalized spacial score (nSPS) is 46.0. The number of nitrogens with two attached hydrogens (primary N) is 1. The quantitative estimate of drug-likeness (QED) is 0.892. The van der Waals surface area contributed by atoms with Crippen molar-refractivity contribution >= 4 is 0 Å². The van der Waals surface area contributed by atoms with Gasteiger partial charge < -0.3 is 15.4 Å². The summed E-state index contributed by atoms with van der Waals surface area (Å²) in [7, 11) is 0. The Bertz CT molecular complexity index is 552. The maximum atomic E-state index is 9.16. The second-order valence-corrected chi connectivity index (χ2v) is 8.66. The van der Waals surface area contributed by atoms with E-state index in [9.17, 15) is 0 Å². The number of hydrogen-bond donors (Lipinski definition) is 2. The van der Waals surface area contributed by atoms with E-state index in [1.807, 2.05) is 0 Å². The fourth-order valence-corrected chi connectivity index (χ4v) is 6.38. The molecule has 4 fully saturated rings. The van der Waals surface area contributed by atoms with Crippen LogP contribution in [-0.4, -0.2) is 21.9 Å². The van der Waals surface area contributed by atoms with Crippen LogP contribution in [0, 0.1) is 16.7 Å². The minimum absolute atomic E-state index is 0.0693. The molecule has 0 aliphatic heterocycles. The molecule has 21 heavy (non-hydrogen) atoms. The van der Waals surface area contributed by atoms with Crippen LogP contribution in [-0.2, 0) is 5.41 Å². The highest BCUT2D eigenvalue weighted by atomic mass is 16.5. The molecule has 0 saturated heterocycles. The zero-order valence-corrected chi connectivity index (χ0v) is 12.9. The predicted octanol–water partition coefficient (Wildman–Crippen LogP) is 2.31. The summed E-state index contributed by atoms with van der Waals surface area (Å²) in [5.41, 5.74) is 6.72. The molecule has 0 radical (unpaired) electrons. The van der Waals surface area contributed by atoms with Crippen molar-refractivity contribution in [2.45, 2.75) is 63.8 Å². The third-order valence-electron chi connectivity index (χ3n) is 6.06. The molecule has 5 heteroatoms. The lowest BCUT2D eigenvalue weighted by atomic mass is 9.40. The smallest absolute Gasteiger partial charge is 0.245 e. The number of hydrogen-bond acceptors (Lipinski definition) is 5. The Kier molecular flexibility index (Phi) is 2.66. The van der Waals surface area contributed by atoms with Crippen LogP contribution >= 0.6 is 0 Å². The first-order valence-corrected chi connectivity index (χ1v) is 8.06. The van der Waals surface area contributed by atoms with Crippen LogP contribution in [0.15, 0.2) is 4.52 Å². The fraction of sp³-hybridized carbons (Fsp3) is 0.875. The molecule has 4 aliphatic rings. The first-order valence-electron chi connectivity index (χ1n) is 8.06. The topological polar surface area (TPSA) is 85.2 Å². The van der Waals surface area contributed by atoms with E-state index in [4.69, 9.17) is 15.4 Å². The van der Waals surface area contributed by atoms with E-state index in [1.165, 1.54) is 38.5 Å². The van der Waals surface area contributed by atoms with Crippen LogP contribution in [0.4, 0.5) is 0 Å². The summed E-state index contributed by atoms with van der Waals surface area (Å²) in [4.78, 5) is 4.57. The lowest BCUT2D eigenvalue weighted by Crippen LogP contribution is -2.57. The van der Waals surface area contributed by atoms with E-state index in [1.54, 1.807) is 0 Å². The molecule has 1 heterocycles. The predicted molar refractivity (Wildman–Crippen MR) is 77.4 cm³/mol. The van der Waals surface area contributed by atoms with Crippen LogP contribution < -0.4 is 5.73 Å². The van der Waals surface area contributed by atoms with Crippen LogP contribution in [0.3, 0.4) is 0 Å². The van der Waals surface area contributed by atoms with Crippen LogP contribution in [0.25, 0.3) is 0 Å². The van der Waals surface area contributed by atoms with Gasteiger partial charge in [0.1, 0.15) is 6.04 Å². The van der Waals surface area contributed by atoms with Crippen molar-refractivity contribution in [3.8, 4) is 0 Å². The van der Waals surface area contributed by atoms with E-state index in [2.05, 4.69) is 24.0 Å². The molecule has 1 aromatic heterocycles. The summed E-state index contributed by atoms with van der Waals surface area (Å²) in [5.74, 6) is 2.01. The minimum atomic E-state index is -0.564. The Labute approximate surface area is 125 Å². The van der Waals surface area contributed by atoms with E-state index in [0.29, 0.717) is 16.7 Å². The number of nitrogens with zero attached hydrogens (tertiary/aromatic N) is 2. The molecule has 4 aliphatic carbocycles. The van der Waals surface area contributed by atoms with Gasteiger partial charge >= 0.3 is 0 Å². The summed E-state index contributed by atoms with van der Waals surface area (Å²) >= 11 is 0. The standard InChI is InChI=1S/C16H25N3O2/c1-14-3-10-4-15(2,7-14)9-16(5-10,8-14)13-18-12(21-19-13)11(17)6-20/h10-11,20H,3-9,17H2,1-2H3/t10?,11-,14?,15?,16?/m0/s1. The Morgan fingerprint density at radius 1 is 1.24 bits per heavy atom. The lowest BCUT2D eigenvalue weighted by molar-refractivity contribution is -0.113. The van der Waals surface area contributed by atoms with Gasteiger partial charge in [-0.15, -0.1) is 0 Å². The van der Waals surface area contributed by atoms with Crippen molar-refractivity contribution in [1.82, 2.24) is 10.1 Å². The molecule has 4 saturated carbocycles. The van der Waals surface area contributed by atoms with Crippen LogP contribution in [0.1, 0.15) is 70.1 Å². The van der Waals surface area contributed by atoms with Gasteiger partial charge in [-0.25, -0.2) is 0 Å².